The first-order chi connectivity index (χ1) is 7.63. The lowest BCUT2D eigenvalue weighted by Gasteiger charge is -1.99. The molecule has 0 aliphatic rings. The van der Waals surface area contributed by atoms with Gasteiger partial charge in [-0.15, -0.1) is 0 Å². The molecule has 6 heteroatoms. The van der Waals surface area contributed by atoms with Crippen LogP contribution in [0.5, 0.6) is 0 Å². The van der Waals surface area contributed by atoms with Crippen molar-refractivity contribution in [2.75, 3.05) is 0 Å². The minimum atomic E-state index is -0.550. The number of benzene rings is 1. The summed E-state index contributed by atoms with van der Waals surface area (Å²) in [5.74, 6) is -0.572. The molecule has 0 aliphatic carbocycles. The molecule has 80 valence electrons. The number of nitrogens with zero attached hydrogens (tertiary/aromatic N) is 2. The van der Waals surface area contributed by atoms with Gasteiger partial charge in [0.1, 0.15) is 11.9 Å². The predicted octanol–water partition coefficient (Wildman–Crippen LogP) is 3.77. The summed E-state index contributed by atoms with van der Waals surface area (Å²) in [6.45, 7) is 0. The van der Waals surface area contributed by atoms with Crippen LogP contribution in [0.25, 0.3) is 11.5 Å². The molecule has 0 N–H and O–H groups in total. The molecule has 0 radical (unpaired) electrons. The molecule has 0 unspecified atom stereocenters. The molecule has 16 heavy (non-hydrogen) atoms. The number of rotatable bonds is 1. The zero-order valence-electron chi connectivity index (χ0n) is 7.67. The second-order valence-electron chi connectivity index (χ2n) is 2.85. The average molecular weight is 302 g/mol. The Kier molecular flexibility index (Phi) is 2.95. The predicted molar refractivity (Wildman–Crippen MR) is 59.3 cm³/mol. The monoisotopic (exact) mass is 300 g/mol. The topological polar surface area (TPSA) is 49.8 Å². The third kappa shape index (κ3) is 1.82. The lowest BCUT2D eigenvalue weighted by molar-refractivity contribution is 0.540. The Morgan fingerprint density at radius 1 is 1.50 bits per heavy atom. The van der Waals surface area contributed by atoms with Gasteiger partial charge in [-0.2, -0.15) is 10.2 Å². The molecule has 1 aromatic carbocycles. The molecule has 0 spiro atoms. The maximum Gasteiger partial charge on any atom is 0.233 e. The number of hydrogen-bond donors (Lipinski definition) is 0. The lowest BCUT2D eigenvalue weighted by atomic mass is 10.2. The molecular formula is C10H3BrClFN2O. The van der Waals surface area contributed by atoms with Crippen molar-refractivity contribution >= 4 is 27.5 Å². The van der Waals surface area contributed by atoms with Crippen LogP contribution in [0.4, 0.5) is 4.39 Å². The Labute approximate surface area is 104 Å². The normalized spacial score (nSPS) is 10.1. The maximum atomic E-state index is 13.5. The van der Waals surface area contributed by atoms with Crippen molar-refractivity contribution < 1.29 is 8.81 Å². The number of hydrogen-bond acceptors (Lipinski definition) is 3. The van der Waals surface area contributed by atoms with Gasteiger partial charge in [-0.05, 0) is 28.1 Å². The second-order valence-corrected chi connectivity index (χ2v) is 3.98. The van der Waals surface area contributed by atoms with E-state index >= 15 is 0 Å². The van der Waals surface area contributed by atoms with Gasteiger partial charge in [0, 0.05) is 0 Å². The molecule has 3 nitrogen and oxygen atoms in total. The largest absolute Gasteiger partial charge is 0.428 e. The second kappa shape index (κ2) is 4.24. The van der Waals surface area contributed by atoms with Gasteiger partial charge in [-0.3, -0.25) is 0 Å². The van der Waals surface area contributed by atoms with Crippen LogP contribution >= 0.6 is 27.5 Å². The van der Waals surface area contributed by atoms with Gasteiger partial charge in [-0.25, -0.2) is 4.39 Å². The number of oxazole rings is 1. The number of aromatic nitrogens is 1. The molecular weight excluding hydrogens is 298 g/mol. The Bertz CT molecular complexity index is 571. The molecule has 0 fully saturated rings. The van der Waals surface area contributed by atoms with E-state index in [0.717, 1.165) is 0 Å². The van der Waals surface area contributed by atoms with Crippen LogP contribution in [0, 0.1) is 17.1 Å². The van der Waals surface area contributed by atoms with Crippen LogP contribution in [-0.4, -0.2) is 4.98 Å². The van der Waals surface area contributed by atoms with Crippen molar-refractivity contribution in [1.82, 2.24) is 4.98 Å². The Morgan fingerprint density at radius 3 is 2.81 bits per heavy atom. The van der Waals surface area contributed by atoms with E-state index in [0.29, 0.717) is 0 Å². The van der Waals surface area contributed by atoms with Crippen molar-refractivity contribution in [3.63, 3.8) is 0 Å². The van der Waals surface area contributed by atoms with Gasteiger partial charge in [-0.1, -0.05) is 17.7 Å². The van der Waals surface area contributed by atoms with E-state index in [1.54, 1.807) is 0 Å². The number of halogens is 3. The fourth-order valence-corrected chi connectivity index (χ4v) is 1.75. The van der Waals surface area contributed by atoms with Crippen LogP contribution in [-0.2, 0) is 0 Å². The van der Waals surface area contributed by atoms with Gasteiger partial charge in [0.25, 0.3) is 0 Å². The molecule has 0 atom stereocenters. The summed E-state index contributed by atoms with van der Waals surface area (Å²) in [5, 5.41) is 8.87. The standard InChI is InChI=1S/C10H3BrClFN2O/c11-9-7(4-14)15-10(16-9)8-5(12)2-1-3-6(8)13/h1-3H. The van der Waals surface area contributed by atoms with Crippen molar-refractivity contribution in [2.24, 2.45) is 0 Å². The molecule has 0 saturated heterocycles. The van der Waals surface area contributed by atoms with E-state index in [-0.39, 0.29) is 26.8 Å². The van der Waals surface area contributed by atoms with E-state index in [2.05, 4.69) is 20.9 Å². The molecule has 1 heterocycles. The highest BCUT2D eigenvalue weighted by Gasteiger charge is 2.18. The lowest BCUT2D eigenvalue weighted by Crippen LogP contribution is -1.85. The minimum Gasteiger partial charge on any atom is -0.428 e. The van der Waals surface area contributed by atoms with Crippen molar-refractivity contribution in [1.29, 1.82) is 5.26 Å². The van der Waals surface area contributed by atoms with Gasteiger partial charge in [0.15, 0.2) is 5.69 Å². The van der Waals surface area contributed by atoms with Crippen molar-refractivity contribution in [3.8, 4) is 17.5 Å². The summed E-state index contributed by atoms with van der Waals surface area (Å²) in [6, 6.07) is 6.04. The molecule has 0 aliphatic heterocycles. The van der Waals surface area contributed by atoms with Gasteiger partial charge in [0.2, 0.25) is 10.6 Å². The SMILES string of the molecule is N#Cc1nc(-c2c(F)cccc2Cl)oc1Br. The first kappa shape index (κ1) is 11.1. The summed E-state index contributed by atoms with van der Waals surface area (Å²) >= 11 is 8.84. The first-order valence-electron chi connectivity index (χ1n) is 4.14. The highest BCUT2D eigenvalue weighted by Crippen LogP contribution is 2.32. The fraction of sp³-hybridized carbons (Fsp3) is 0. The third-order valence-corrected chi connectivity index (χ3v) is 2.72. The maximum absolute atomic E-state index is 13.5. The third-order valence-electron chi connectivity index (χ3n) is 1.87. The summed E-state index contributed by atoms with van der Waals surface area (Å²) in [6.07, 6.45) is 0. The number of nitriles is 1. The van der Waals surface area contributed by atoms with Gasteiger partial charge >= 0.3 is 0 Å². The average Bonchev–Trinajstić information content (AvgIpc) is 2.59. The highest BCUT2D eigenvalue weighted by atomic mass is 79.9. The van der Waals surface area contributed by atoms with E-state index in [9.17, 15) is 4.39 Å². The molecule has 2 rings (SSSR count). The van der Waals surface area contributed by atoms with Crippen LogP contribution in [0.3, 0.4) is 0 Å². The molecule has 0 bridgehead atoms. The van der Waals surface area contributed by atoms with E-state index in [4.69, 9.17) is 21.3 Å². The van der Waals surface area contributed by atoms with Crippen LogP contribution in [0.15, 0.2) is 27.3 Å². The molecule has 1 aromatic heterocycles. The Hall–Kier alpha value is -1.38. The molecule has 0 saturated carbocycles. The van der Waals surface area contributed by atoms with Crippen LogP contribution < -0.4 is 0 Å². The molecule has 2 aromatic rings. The quantitative estimate of drug-likeness (QED) is 0.805. The minimum absolute atomic E-state index is 0.0217. The van der Waals surface area contributed by atoms with E-state index < -0.39 is 5.82 Å². The summed E-state index contributed by atoms with van der Waals surface area (Å²) in [5.41, 5.74) is 0.0979. The first-order valence-corrected chi connectivity index (χ1v) is 5.31. The summed E-state index contributed by atoms with van der Waals surface area (Å²) in [7, 11) is 0. The fourth-order valence-electron chi connectivity index (χ4n) is 1.18. The van der Waals surface area contributed by atoms with Gasteiger partial charge in [0.05, 0.1) is 10.6 Å². The Morgan fingerprint density at radius 2 is 2.25 bits per heavy atom. The van der Waals surface area contributed by atoms with Crippen LogP contribution in [0.1, 0.15) is 5.69 Å². The Balaban J connectivity index is 2.64. The smallest absolute Gasteiger partial charge is 0.233 e. The van der Waals surface area contributed by atoms with Crippen molar-refractivity contribution in [2.45, 2.75) is 0 Å². The summed E-state index contributed by atoms with van der Waals surface area (Å²) in [4.78, 5) is 3.82. The molecule has 0 amide bonds. The highest BCUT2D eigenvalue weighted by molar-refractivity contribution is 9.10. The van der Waals surface area contributed by atoms with Gasteiger partial charge < -0.3 is 4.42 Å². The summed E-state index contributed by atoms with van der Waals surface area (Å²) < 4.78 is 18.8. The van der Waals surface area contributed by atoms with Crippen molar-refractivity contribution in [3.05, 3.63) is 39.4 Å². The zero-order valence-corrected chi connectivity index (χ0v) is 10.0. The van der Waals surface area contributed by atoms with E-state index in [1.807, 2.05) is 6.07 Å². The van der Waals surface area contributed by atoms with E-state index in [1.165, 1.54) is 18.2 Å². The zero-order chi connectivity index (χ0) is 11.7. The van der Waals surface area contributed by atoms with Crippen LogP contribution in [0.2, 0.25) is 5.02 Å².